The minimum Gasteiger partial charge on any atom is -0.462 e. The predicted octanol–water partition coefficient (Wildman–Crippen LogP) is 6.70. The lowest BCUT2D eigenvalue weighted by atomic mass is 10.1. The minimum atomic E-state index is -4.86. The zero-order valence-electron chi connectivity index (χ0n) is 21.0. The Morgan fingerprint density at radius 1 is 1.02 bits per heavy atom. The Bertz CT molecular complexity index is 1650. The van der Waals surface area contributed by atoms with Crippen molar-refractivity contribution in [1.82, 2.24) is 14.6 Å². The van der Waals surface area contributed by atoms with Gasteiger partial charge >= 0.3 is 18.1 Å². The second-order valence-corrected chi connectivity index (χ2v) is 9.94. The zero-order valence-corrected chi connectivity index (χ0v) is 23.3. The SMILES string of the molecule is CCOC(=O)c1sc(NC(=O)c2cc3nc(-c4ccc(Cl)c(Cl)c4)cc(C(F)(F)F)n3n2)c(C(=O)OCC)c1C. The summed E-state index contributed by atoms with van der Waals surface area (Å²) in [4.78, 5) is 42.4. The molecule has 40 heavy (non-hydrogen) atoms. The predicted molar refractivity (Wildman–Crippen MR) is 142 cm³/mol. The maximum Gasteiger partial charge on any atom is 0.433 e. The maximum atomic E-state index is 14.0. The third-order valence-electron chi connectivity index (χ3n) is 5.48. The van der Waals surface area contributed by atoms with E-state index in [0.29, 0.717) is 4.52 Å². The van der Waals surface area contributed by atoms with Crippen LogP contribution in [-0.4, -0.2) is 45.7 Å². The number of thiophene rings is 1. The summed E-state index contributed by atoms with van der Waals surface area (Å²) in [6, 6.07) is 6.07. The molecule has 0 aliphatic heterocycles. The van der Waals surface area contributed by atoms with E-state index in [9.17, 15) is 27.6 Å². The number of halogens is 5. The molecule has 0 aliphatic rings. The smallest absolute Gasteiger partial charge is 0.433 e. The number of benzene rings is 1. The quantitative estimate of drug-likeness (QED) is 0.231. The molecule has 0 unspecified atom stereocenters. The number of rotatable bonds is 7. The number of esters is 2. The Morgan fingerprint density at radius 3 is 2.33 bits per heavy atom. The average Bonchev–Trinajstić information content (AvgIpc) is 3.45. The summed E-state index contributed by atoms with van der Waals surface area (Å²) in [7, 11) is 0. The van der Waals surface area contributed by atoms with Gasteiger partial charge in [-0.05, 0) is 44.5 Å². The molecule has 0 bridgehead atoms. The molecule has 0 saturated heterocycles. The molecule has 4 rings (SSSR count). The summed E-state index contributed by atoms with van der Waals surface area (Å²) in [5.74, 6) is -2.46. The van der Waals surface area contributed by atoms with Crippen molar-refractivity contribution < 1.29 is 37.0 Å². The first-order chi connectivity index (χ1) is 18.8. The van der Waals surface area contributed by atoms with Gasteiger partial charge in [0.2, 0.25) is 0 Å². The van der Waals surface area contributed by atoms with Gasteiger partial charge < -0.3 is 14.8 Å². The van der Waals surface area contributed by atoms with Crippen molar-refractivity contribution in [2.75, 3.05) is 18.5 Å². The van der Waals surface area contributed by atoms with Crippen molar-refractivity contribution >= 4 is 63.0 Å². The first kappa shape index (κ1) is 29.3. The number of carbonyl (C=O) groups excluding carboxylic acids is 3. The molecule has 0 saturated carbocycles. The fourth-order valence-corrected chi connectivity index (χ4v) is 5.08. The highest BCUT2D eigenvalue weighted by molar-refractivity contribution is 7.18. The molecule has 1 aromatic carbocycles. The lowest BCUT2D eigenvalue weighted by Crippen LogP contribution is -2.17. The second-order valence-electron chi connectivity index (χ2n) is 8.11. The number of aromatic nitrogens is 3. The first-order valence-corrected chi connectivity index (χ1v) is 13.1. The molecule has 1 amide bonds. The summed E-state index contributed by atoms with van der Waals surface area (Å²) in [5, 5.41) is 6.55. The van der Waals surface area contributed by atoms with Gasteiger partial charge in [0.1, 0.15) is 9.88 Å². The summed E-state index contributed by atoms with van der Waals surface area (Å²) in [5.41, 5.74) is -1.58. The molecule has 9 nitrogen and oxygen atoms in total. The lowest BCUT2D eigenvalue weighted by Gasteiger charge is -2.11. The maximum absolute atomic E-state index is 14.0. The van der Waals surface area contributed by atoms with E-state index in [1.54, 1.807) is 13.8 Å². The van der Waals surface area contributed by atoms with Crippen LogP contribution in [0.25, 0.3) is 16.9 Å². The van der Waals surface area contributed by atoms with Gasteiger partial charge in [0.15, 0.2) is 17.0 Å². The van der Waals surface area contributed by atoms with Crippen LogP contribution in [0.15, 0.2) is 30.3 Å². The van der Waals surface area contributed by atoms with E-state index < -0.39 is 35.4 Å². The van der Waals surface area contributed by atoms with E-state index in [2.05, 4.69) is 15.4 Å². The molecule has 4 aromatic rings. The number of hydrogen-bond donors (Lipinski definition) is 1. The van der Waals surface area contributed by atoms with Crippen LogP contribution in [0.1, 0.15) is 55.6 Å². The van der Waals surface area contributed by atoms with Crippen LogP contribution in [0.4, 0.5) is 18.2 Å². The van der Waals surface area contributed by atoms with Crippen LogP contribution in [0.3, 0.4) is 0 Å². The van der Waals surface area contributed by atoms with Crippen molar-refractivity contribution in [3.63, 3.8) is 0 Å². The number of amides is 1. The molecule has 210 valence electrons. The fraction of sp³-hybridized carbons (Fsp3) is 0.240. The van der Waals surface area contributed by atoms with E-state index in [4.69, 9.17) is 32.7 Å². The monoisotopic (exact) mass is 614 g/mol. The van der Waals surface area contributed by atoms with Crippen LogP contribution in [0.5, 0.6) is 0 Å². The molecule has 3 heterocycles. The number of fused-ring (bicyclic) bond motifs is 1. The normalized spacial score (nSPS) is 11.5. The van der Waals surface area contributed by atoms with Crippen LogP contribution < -0.4 is 5.32 Å². The van der Waals surface area contributed by atoms with E-state index in [1.807, 2.05) is 0 Å². The highest BCUT2D eigenvalue weighted by Gasteiger charge is 2.36. The fourth-order valence-electron chi connectivity index (χ4n) is 3.70. The average molecular weight is 615 g/mol. The van der Waals surface area contributed by atoms with Gasteiger partial charge in [-0.3, -0.25) is 4.79 Å². The Labute approximate surface area is 238 Å². The van der Waals surface area contributed by atoms with Gasteiger partial charge in [0.25, 0.3) is 5.91 Å². The van der Waals surface area contributed by atoms with E-state index in [1.165, 1.54) is 25.1 Å². The number of ether oxygens (including phenoxy) is 2. The minimum absolute atomic E-state index is 0.0235. The van der Waals surface area contributed by atoms with Crippen molar-refractivity contribution in [3.05, 3.63) is 67.8 Å². The molecule has 0 aliphatic carbocycles. The molecular weight excluding hydrogens is 596 g/mol. The van der Waals surface area contributed by atoms with E-state index >= 15 is 0 Å². The number of anilines is 1. The van der Waals surface area contributed by atoms with E-state index in [-0.39, 0.29) is 61.2 Å². The largest absolute Gasteiger partial charge is 0.462 e. The summed E-state index contributed by atoms with van der Waals surface area (Å²) < 4.78 is 52.5. The standard InChI is InChI=1S/C25H19Cl2F3N4O5S/c1-4-38-23(36)19-11(3)20(24(37)39-5-2)40-22(19)32-21(35)16-10-18-31-15(12-6-7-13(26)14(27)8-12)9-17(25(28,29)30)34(18)33-16/h6-10H,4-5H2,1-3H3,(H,32,35). The highest BCUT2D eigenvalue weighted by atomic mass is 35.5. The Kier molecular flexibility index (Phi) is 8.38. The molecule has 15 heteroatoms. The van der Waals surface area contributed by atoms with Gasteiger partial charge in [-0.25, -0.2) is 19.1 Å². The zero-order chi connectivity index (χ0) is 29.4. The van der Waals surface area contributed by atoms with Crippen LogP contribution in [0, 0.1) is 6.92 Å². The lowest BCUT2D eigenvalue weighted by molar-refractivity contribution is -0.142. The van der Waals surface area contributed by atoms with Crippen molar-refractivity contribution in [1.29, 1.82) is 0 Å². The van der Waals surface area contributed by atoms with Crippen molar-refractivity contribution in [2.45, 2.75) is 26.9 Å². The molecule has 0 spiro atoms. The third-order valence-corrected chi connectivity index (χ3v) is 7.41. The first-order valence-electron chi connectivity index (χ1n) is 11.6. The topological polar surface area (TPSA) is 112 Å². The van der Waals surface area contributed by atoms with Gasteiger partial charge in [0, 0.05) is 11.6 Å². The van der Waals surface area contributed by atoms with Gasteiger partial charge in [-0.2, -0.15) is 18.3 Å². The Morgan fingerprint density at radius 2 is 1.70 bits per heavy atom. The Hall–Kier alpha value is -3.68. The number of hydrogen-bond acceptors (Lipinski definition) is 8. The molecule has 3 aromatic heterocycles. The van der Waals surface area contributed by atoms with Gasteiger partial charge in [0.05, 0.1) is 34.5 Å². The number of carbonyl (C=O) groups is 3. The van der Waals surface area contributed by atoms with Crippen LogP contribution in [-0.2, 0) is 15.7 Å². The summed E-state index contributed by atoms with van der Waals surface area (Å²) in [6.45, 7) is 4.77. The molecule has 0 fully saturated rings. The second kappa shape index (κ2) is 11.4. The number of nitrogens with one attached hydrogen (secondary N) is 1. The summed E-state index contributed by atoms with van der Waals surface area (Å²) >= 11 is 12.7. The molecule has 0 radical (unpaired) electrons. The van der Waals surface area contributed by atoms with Crippen LogP contribution in [0.2, 0.25) is 10.0 Å². The molecule has 0 atom stereocenters. The van der Waals surface area contributed by atoms with Crippen LogP contribution >= 0.6 is 34.5 Å². The highest BCUT2D eigenvalue weighted by Crippen LogP contribution is 2.36. The van der Waals surface area contributed by atoms with Crippen molar-refractivity contribution in [3.8, 4) is 11.3 Å². The number of alkyl halides is 3. The van der Waals surface area contributed by atoms with Gasteiger partial charge in [-0.15, -0.1) is 11.3 Å². The van der Waals surface area contributed by atoms with E-state index in [0.717, 1.165) is 23.5 Å². The van der Waals surface area contributed by atoms with Crippen molar-refractivity contribution in [2.24, 2.45) is 0 Å². The van der Waals surface area contributed by atoms with Gasteiger partial charge in [-0.1, -0.05) is 29.3 Å². The number of nitrogens with zero attached hydrogens (tertiary/aromatic N) is 3. The molecular formula is C25H19Cl2F3N4O5S. The molecule has 1 N–H and O–H groups in total. The third kappa shape index (κ3) is 5.76. The Balaban J connectivity index is 1.78. The summed E-state index contributed by atoms with van der Waals surface area (Å²) in [6.07, 6.45) is -4.86.